The van der Waals surface area contributed by atoms with Crippen LogP contribution in [0.1, 0.15) is 29.1 Å². The van der Waals surface area contributed by atoms with Gasteiger partial charge in [-0.1, -0.05) is 35.5 Å². The Balaban J connectivity index is 1.79. The standard InChI is InChI=1S/C21H22N2O5/c1-13(15-10-17(25-2)20(27-4)18(11-15)26-3)22-21(24)19-12-16(23-28-19)14-8-6-5-7-9-14/h5-13H,1-4H3,(H,22,24)/t13-/m0/s1. The van der Waals surface area contributed by atoms with Gasteiger partial charge >= 0.3 is 0 Å². The number of rotatable bonds is 7. The van der Waals surface area contributed by atoms with Gasteiger partial charge in [0.1, 0.15) is 5.69 Å². The number of nitrogens with zero attached hydrogens (tertiary/aromatic N) is 1. The Morgan fingerprint density at radius 3 is 2.21 bits per heavy atom. The van der Waals surface area contributed by atoms with E-state index in [9.17, 15) is 4.79 Å². The van der Waals surface area contributed by atoms with Crippen molar-refractivity contribution in [1.82, 2.24) is 10.5 Å². The third kappa shape index (κ3) is 3.93. The summed E-state index contributed by atoms with van der Waals surface area (Å²) in [5.74, 6) is 1.30. The topological polar surface area (TPSA) is 82.8 Å². The first kappa shape index (κ1) is 19.3. The first-order valence-electron chi connectivity index (χ1n) is 8.70. The first-order valence-corrected chi connectivity index (χ1v) is 8.70. The van der Waals surface area contributed by atoms with Crippen LogP contribution in [0.2, 0.25) is 0 Å². The van der Waals surface area contributed by atoms with Gasteiger partial charge in [0.25, 0.3) is 5.91 Å². The highest BCUT2D eigenvalue weighted by Crippen LogP contribution is 2.39. The first-order chi connectivity index (χ1) is 13.6. The van der Waals surface area contributed by atoms with E-state index in [1.54, 1.807) is 39.5 Å². The zero-order valence-electron chi connectivity index (χ0n) is 16.2. The van der Waals surface area contributed by atoms with Gasteiger partial charge in [0.2, 0.25) is 11.5 Å². The molecule has 1 atom stereocenters. The largest absolute Gasteiger partial charge is 0.493 e. The van der Waals surface area contributed by atoms with Crippen molar-refractivity contribution in [3.8, 4) is 28.5 Å². The highest BCUT2D eigenvalue weighted by Gasteiger charge is 2.20. The van der Waals surface area contributed by atoms with Gasteiger partial charge in [0, 0.05) is 11.6 Å². The van der Waals surface area contributed by atoms with Gasteiger partial charge in [-0.05, 0) is 24.6 Å². The summed E-state index contributed by atoms with van der Waals surface area (Å²) in [6.07, 6.45) is 0. The normalized spacial score (nSPS) is 11.6. The number of hydrogen-bond acceptors (Lipinski definition) is 6. The van der Waals surface area contributed by atoms with Crippen LogP contribution in [0.5, 0.6) is 17.2 Å². The molecule has 7 nitrogen and oxygen atoms in total. The average Bonchev–Trinajstić information content (AvgIpc) is 3.23. The van der Waals surface area contributed by atoms with Crippen LogP contribution in [0, 0.1) is 0 Å². The molecule has 3 rings (SSSR count). The summed E-state index contributed by atoms with van der Waals surface area (Å²) in [4.78, 5) is 12.6. The fraction of sp³-hybridized carbons (Fsp3) is 0.238. The molecule has 28 heavy (non-hydrogen) atoms. The molecule has 1 amide bonds. The molecule has 0 bridgehead atoms. The number of ether oxygens (including phenoxy) is 3. The molecule has 0 radical (unpaired) electrons. The number of aromatic nitrogens is 1. The van der Waals surface area contributed by atoms with Crippen LogP contribution < -0.4 is 19.5 Å². The lowest BCUT2D eigenvalue weighted by molar-refractivity contribution is 0.0902. The second-order valence-corrected chi connectivity index (χ2v) is 6.10. The van der Waals surface area contributed by atoms with Crippen molar-refractivity contribution in [2.75, 3.05) is 21.3 Å². The summed E-state index contributed by atoms with van der Waals surface area (Å²) in [7, 11) is 4.63. The minimum Gasteiger partial charge on any atom is -0.493 e. The SMILES string of the molecule is COc1cc([C@H](C)NC(=O)c2cc(-c3ccccc3)no2)cc(OC)c1OC. The van der Waals surface area contributed by atoms with Gasteiger partial charge in [0.15, 0.2) is 11.5 Å². The van der Waals surface area contributed by atoms with Crippen molar-refractivity contribution in [2.24, 2.45) is 0 Å². The Bertz CT molecular complexity index is 927. The summed E-state index contributed by atoms with van der Waals surface area (Å²) in [6.45, 7) is 1.85. The van der Waals surface area contributed by atoms with Gasteiger partial charge < -0.3 is 24.1 Å². The van der Waals surface area contributed by atoms with Gasteiger partial charge in [-0.3, -0.25) is 4.79 Å². The van der Waals surface area contributed by atoms with E-state index in [0.29, 0.717) is 22.9 Å². The van der Waals surface area contributed by atoms with E-state index in [1.807, 2.05) is 37.3 Å². The Kier molecular flexibility index (Phi) is 5.84. The molecule has 0 spiro atoms. The molecule has 3 aromatic rings. The summed E-state index contributed by atoms with van der Waals surface area (Å²) in [5, 5.41) is 6.87. The van der Waals surface area contributed by atoms with Gasteiger partial charge in [-0.15, -0.1) is 0 Å². The molecule has 146 valence electrons. The molecule has 7 heteroatoms. The van der Waals surface area contributed by atoms with Crippen molar-refractivity contribution >= 4 is 5.91 Å². The molecule has 2 aromatic carbocycles. The van der Waals surface area contributed by atoms with E-state index in [2.05, 4.69) is 10.5 Å². The zero-order chi connectivity index (χ0) is 20.1. The lowest BCUT2D eigenvalue weighted by atomic mass is 10.1. The maximum Gasteiger partial charge on any atom is 0.290 e. The number of carbonyl (C=O) groups is 1. The van der Waals surface area contributed by atoms with Crippen LogP contribution in [0.4, 0.5) is 0 Å². The van der Waals surface area contributed by atoms with Crippen molar-refractivity contribution in [2.45, 2.75) is 13.0 Å². The molecule has 1 N–H and O–H groups in total. The summed E-state index contributed by atoms with van der Waals surface area (Å²) >= 11 is 0. The maximum atomic E-state index is 12.6. The lowest BCUT2D eigenvalue weighted by Gasteiger charge is -2.18. The molecular formula is C21H22N2O5. The molecule has 0 aliphatic rings. The van der Waals surface area contributed by atoms with Gasteiger partial charge in [-0.2, -0.15) is 0 Å². The summed E-state index contributed by atoms with van der Waals surface area (Å²) in [6, 6.07) is 14.4. The van der Waals surface area contributed by atoms with Crippen LogP contribution in [0.15, 0.2) is 53.1 Å². The predicted octanol–water partition coefficient (Wildman–Crippen LogP) is 3.86. The third-order valence-corrected chi connectivity index (χ3v) is 4.34. The van der Waals surface area contributed by atoms with E-state index in [1.165, 1.54) is 0 Å². The number of hydrogen-bond donors (Lipinski definition) is 1. The second-order valence-electron chi connectivity index (χ2n) is 6.10. The molecule has 0 fully saturated rings. The Labute approximate surface area is 163 Å². The van der Waals surface area contributed by atoms with Crippen LogP contribution >= 0.6 is 0 Å². The average molecular weight is 382 g/mol. The van der Waals surface area contributed by atoms with Crippen molar-refractivity contribution in [3.63, 3.8) is 0 Å². The van der Waals surface area contributed by atoms with E-state index < -0.39 is 0 Å². The molecule has 0 aliphatic carbocycles. The number of amides is 1. The van der Waals surface area contributed by atoms with E-state index in [4.69, 9.17) is 18.7 Å². The summed E-state index contributed by atoms with van der Waals surface area (Å²) < 4.78 is 21.3. The molecular weight excluding hydrogens is 360 g/mol. The van der Waals surface area contributed by atoms with Gasteiger partial charge in [0.05, 0.1) is 27.4 Å². The minimum absolute atomic E-state index is 0.137. The number of benzene rings is 2. The minimum atomic E-state index is -0.365. The smallest absolute Gasteiger partial charge is 0.290 e. The second kappa shape index (κ2) is 8.47. The number of nitrogens with one attached hydrogen (secondary N) is 1. The highest BCUT2D eigenvalue weighted by molar-refractivity contribution is 5.92. The monoisotopic (exact) mass is 382 g/mol. The number of methoxy groups -OCH3 is 3. The van der Waals surface area contributed by atoms with Crippen LogP contribution in [-0.2, 0) is 0 Å². The fourth-order valence-corrected chi connectivity index (χ4v) is 2.83. The zero-order valence-corrected chi connectivity index (χ0v) is 16.2. The molecule has 0 saturated carbocycles. The number of carbonyl (C=O) groups excluding carboxylic acids is 1. The lowest BCUT2D eigenvalue weighted by Crippen LogP contribution is -2.26. The molecule has 0 aliphatic heterocycles. The molecule has 1 heterocycles. The van der Waals surface area contributed by atoms with E-state index in [-0.39, 0.29) is 17.7 Å². The van der Waals surface area contributed by atoms with Crippen LogP contribution in [-0.4, -0.2) is 32.4 Å². The Hall–Kier alpha value is -3.48. The van der Waals surface area contributed by atoms with Gasteiger partial charge in [-0.25, -0.2) is 0 Å². The predicted molar refractivity (Wildman–Crippen MR) is 104 cm³/mol. The van der Waals surface area contributed by atoms with Crippen molar-refractivity contribution in [1.29, 1.82) is 0 Å². The van der Waals surface area contributed by atoms with Crippen LogP contribution in [0.25, 0.3) is 11.3 Å². The maximum absolute atomic E-state index is 12.6. The molecule has 0 saturated heterocycles. The third-order valence-electron chi connectivity index (χ3n) is 4.34. The fourth-order valence-electron chi connectivity index (χ4n) is 2.83. The van der Waals surface area contributed by atoms with E-state index >= 15 is 0 Å². The Morgan fingerprint density at radius 1 is 1.00 bits per heavy atom. The van der Waals surface area contributed by atoms with Crippen molar-refractivity contribution < 1.29 is 23.5 Å². The quantitative estimate of drug-likeness (QED) is 0.668. The highest BCUT2D eigenvalue weighted by atomic mass is 16.5. The van der Waals surface area contributed by atoms with Crippen molar-refractivity contribution in [3.05, 3.63) is 59.9 Å². The Morgan fingerprint density at radius 2 is 1.64 bits per heavy atom. The molecule has 0 unspecified atom stereocenters. The van der Waals surface area contributed by atoms with E-state index in [0.717, 1.165) is 11.1 Å². The van der Waals surface area contributed by atoms with Crippen LogP contribution in [0.3, 0.4) is 0 Å². The molecule has 1 aromatic heterocycles. The summed E-state index contributed by atoms with van der Waals surface area (Å²) in [5.41, 5.74) is 2.28.